The van der Waals surface area contributed by atoms with Gasteiger partial charge in [-0.2, -0.15) is 0 Å². The zero-order chi connectivity index (χ0) is 16.4. The molecule has 6 nitrogen and oxygen atoms in total. The number of nitrogens with one attached hydrogen (secondary N) is 1. The minimum Gasteiger partial charge on any atom is -0.394 e. The molecule has 118 valence electrons. The van der Waals surface area contributed by atoms with E-state index in [0.717, 1.165) is 0 Å². The van der Waals surface area contributed by atoms with Gasteiger partial charge in [0.2, 0.25) is 0 Å². The Labute approximate surface area is 125 Å². The van der Waals surface area contributed by atoms with Crippen LogP contribution in [0.15, 0.2) is 17.1 Å². The molecule has 0 bridgehead atoms. The van der Waals surface area contributed by atoms with Gasteiger partial charge in [0.1, 0.15) is 0 Å². The molecule has 0 fully saturated rings. The van der Waals surface area contributed by atoms with Crippen LogP contribution in [0, 0.1) is 12.3 Å². The van der Waals surface area contributed by atoms with Crippen LogP contribution in [0.1, 0.15) is 26.3 Å². The highest BCUT2D eigenvalue weighted by atomic mass is 16.3. The number of aliphatic hydroxyl groups excluding tert-OH is 1. The van der Waals surface area contributed by atoms with Gasteiger partial charge in [0.25, 0.3) is 5.56 Å². The molecule has 21 heavy (non-hydrogen) atoms. The van der Waals surface area contributed by atoms with Crippen LogP contribution in [-0.2, 0) is 7.05 Å². The van der Waals surface area contributed by atoms with Crippen LogP contribution in [0.4, 0.5) is 10.5 Å². The maximum absolute atomic E-state index is 12.3. The van der Waals surface area contributed by atoms with Crippen LogP contribution in [0.3, 0.4) is 0 Å². The minimum atomic E-state index is -0.314. The summed E-state index contributed by atoms with van der Waals surface area (Å²) in [6, 6.07) is 0.860. The fraction of sp³-hybridized carbons (Fsp3) is 0.600. The molecule has 2 N–H and O–H groups in total. The van der Waals surface area contributed by atoms with Crippen LogP contribution < -0.4 is 10.9 Å². The molecule has 0 aliphatic carbocycles. The Morgan fingerprint density at radius 2 is 2.05 bits per heavy atom. The monoisotopic (exact) mass is 295 g/mol. The zero-order valence-corrected chi connectivity index (χ0v) is 13.6. The highest BCUT2D eigenvalue weighted by Gasteiger charge is 2.30. The lowest BCUT2D eigenvalue weighted by atomic mass is 9.86. The molecule has 1 atom stereocenters. The van der Waals surface area contributed by atoms with Crippen LogP contribution in [0.25, 0.3) is 0 Å². The Balaban J connectivity index is 2.96. The summed E-state index contributed by atoms with van der Waals surface area (Å²) >= 11 is 0. The first-order chi connectivity index (χ1) is 9.57. The largest absolute Gasteiger partial charge is 0.394 e. The van der Waals surface area contributed by atoms with Crippen LogP contribution in [-0.4, -0.2) is 40.3 Å². The first kappa shape index (κ1) is 17.2. The quantitative estimate of drug-likeness (QED) is 0.888. The third-order valence-corrected chi connectivity index (χ3v) is 3.64. The summed E-state index contributed by atoms with van der Waals surface area (Å²) in [6.07, 6.45) is 1.59. The van der Waals surface area contributed by atoms with Gasteiger partial charge in [0.15, 0.2) is 0 Å². The Morgan fingerprint density at radius 3 is 2.52 bits per heavy atom. The lowest BCUT2D eigenvalue weighted by Gasteiger charge is -2.36. The minimum absolute atomic E-state index is 0.111. The third kappa shape index (κ3) is 4.07. The number of aryl methyl sites for hydroxylation is 2. The van der Waals surface area contributed by atoms with Crippen molar-refractivity contribution in [3.05, 3.63) is 28.2 Å². The maximum atomic E-state index is 12.3. The van der Waals surface area contributed by atoms with E-state index >= 15 is 0 Å². The number of pyridine rings is 1. The Kier molecular flexibility index (Phi) is 5.17. The Morgan fingerprint density at radius 1 is 1.48 bits per heavy atom. The summed E-state index contributed by atoms with van der Waals surface area (Å²) in [5, 5.41) is 12.3. The number of carbonyl (C=O) groups is 1. The van der Waals surface area contributed by atoms with Crippen molar-refractivity contribution >= 4 is 11.7 Å². The smallest absolute Gasteiger partial charge is 0.321 e. The van der Waals surface area contributed by atoms with E-state index in [0.29, 0.717) is 11.3 Å². The van der Waals surface area contributed by atoms with E-state index in [-0.39, 0.29) is 29.7 Å². The number of nitrogens with zero attached hydrogens (tertiary/aromatic N) is 2. The second-order valence-electron chi connectivity index (χ2n) is 6.42. The highest BCUT2D eigenvalue weighted by molar-refractivity contribution is 5.90. The van der Waals surface area contributed by atoms with E-state index < -0.39 is 0 Å². The van der Waals surface area contributed by atoms with E-state index in [1.165, 1.54) is 15.5 Å². The molecule has 0 saturated heterocycles. The van der Waals surface area contributed by atoms with Crippen LogP contribution in [0.2, 0.25) is 0 Å². The van der Waals surface area contributed by atoms with Gasteiger partial charge < -0.3 is 19.9 Å². The number of hydrogen-bond acceptors (Lipinski definition) is 3. The SMILES string of the molecule is Cc1cc(=O)n(C)cc1NC(=O)N(C)C(CO)C(C)(C)C. The topological polar surface area (TPSA) is 74.6 Å². The number of likely N-dealkylation sites (N-methyl/N-ethyl adjacent to an activating group) is 1. The molecular formula is C15H25N3O3. The predicted octanol–water partition coefficient (Wildman–Crippen LogP) is 1.56. The summed E-state index contributed by atoms with van der Waals surface area (Å²) in [6.45, 7) is 7.56. The molecule has 0 aliphatic heterocycles. The van der Waals surface area contributed by atoms with Crippen LogP contribution in [0.5, 0.6) is 0 Å². The normalized spacial score (nSPS) is 12.9. The molecule has 2 amide bonds. The molecule has 0 saturated carbocycles. The number of anilines is 1. The van der Waals surface area contributed by atoms with Gasteiger partial charge in [-0.25, -0.2) is 4.79 Å². The van der Waals surface area contributed by atoms with Crippen molar-refractivity contribution in [2.75, 3.05) is 19.0 Å². The van der Waals surface area contributed by atoms with Gasteiger partial charge >= 0.3 is 6.03 Å². The third-order valence-electron chi connectivity index (χ3n) is 3.64. The van der Waals surface area contributed by atoms with E-state index in [9.17, 15) is 14.7 Å². The van der Waals surface area contributed by atoms with Gasteiger partial charge in [0.05, 0.1) is 18.3 Å². The molecular weight excluding hydrogens is 270 g/mol. The molecule has 0 aliphatic rings. The summed E-state index contributed by atoms with van der Waals surface area (Å²) in [4.78, 5) is 25.3. The average molecular weight is 295 g/mol. The van der Waals surface area contributed by atoms with Gasteiger partial charge in [-0.15, -0.1) is 0 Å². The standard InChI is InChI=1S/C15H25N3O3/c1-10-7-13(20)17(5)8-11(10)16-14(21)18(6)12(9-19)15(2,3)4/h7-8,12,19H,9H2,1-6H3,(H,16,21). The van der Waals surface area contributed by atoms with Crippen molar-refractivity contribution in [3.8, 4) is 0 Å². The number of carbonyl (C=O) groups excluding carboxylic acids is 1. The van der Waals surface area contributed by atoms with Crippen molar-refractivity contribution in [1.82, 2.24) is 9.47 Å². The summed E-state index contributed by atoms with van der Waals surface area (Å²) in [5.74, 6) is 0. The lowest BCUT2D eigenvalue weighted by molar-refractivity contribution is 0.0885. The molecule has 1 heterocycles. The predicted molar refractivity (Wildman–Crippen MR) is 83.5 cm³/mol. The molecule has 0 aromatic carbocycles. The van der Waals surface area contributed by atoms with Crippen molar-refractivity contribution in [2.45, 2.75) is 33.7 Å². The number of amides is 2. The second-order valence-corrected chi connectivity index (χ2v) is 6.42. The zero-order valence-electron chi connectivity index (χ0n) is 13.6. The van der Waals surface area contributed by atoms with Gasteiger partial charge in [0, 0.05) is 26.4 Å². The van der Waals surface area contributed by atoms with Gasteiger partial charge in [-0.1, -0.05) is 20.8 Å². The Bertz CT molecular complexity index is 573. The Hall–Kier alpha value is -1.82. The molecule has 1 unspecified atom stereocenters. The first-order valence-corrected chi connectivity index (χ1v) is 6.90. The molecule has 1 aromatic heterocycles. The van der Waals surface area contributed by atoms with Crippen molar-refractivity contribution in [1.29, 1.82) is 0 Å². The molecule has 0 radical (unpaired) electrons. The average Bonchev–Trinajstić information content (AvgIpc) is 2.34. The van der Waals surface area contributed by atoms with Crippen molar-refractivity contribution in [2.24, 2.45) is 12.5 Å². The molecule has 0 spiro atoms. The van der Waals surface area contributed by atoms with Crippen molar-refractivity contribution in [3.63, 3.8) is 0 Å². The van der Waals surface area contributed by atoms with Crippen LogP contribution >= 0.6 is 0 Å². The van der Waals surface area contributed by atoms with Crippen molar-refractivity contribution < 1.29 is 9.90 Å². The first-order valence-electron chi connectivity index (χ1n) is 6.90. The number of aliphatic hydroxyl groups is 1. The fourth-order valence-corrected chi connectivity index (χ4v) is 2.18. The maximum Gasteiger partial charge on any atom is 0.321 e. The molecule has 6 heteroatoms. The number of hydrogen-bond donors (Lipinski definition) is 2. The van der Waals surface area contributed by atoms with E-state index in [1.807, 2.05) is 20.8 Å². The molecule has 1 aromatic rings. The summed E-state index contributed by atoms with van der Waals surface area (Å²) in [5.41, 5.74) is 0.928. The molecule has 1 rings (SSSR count). The van der Waals surface area contributed by atoms with Gasteiger partial charge in [-0.3, -0.25) is 4.79 Å². The van der Waals surface area contributed by atoms with E-state index in [2.05, 4.69) is 5.32 Å². The lowest BCUT2D eigenvalue weighted by Crippen LogP contribution is -2.49. The number of rotatable bonds is 3. The van der Waals surface area contributed by atoms with E-state index in [1.54, 1.807) is 27.2 Å². The number of aromatic nitrogens is 1. The number of urea groups is 1. The summed E-state index contributed by atoms with van der Waals surface area (Å²) in [7, 11) is 3.28. The van der Waals surface area contributed by atoms with Gasteiger partial charge in [-0.05, 0) is 17.9 Å². The fourth-order valence-electron chi connectivity index (χ4n) is 2.18. The highest BCUT2D eigenvalue weighted by Crippen LogP contribution is 2.24. The second kappa shape index (κ2) is 6.30. The van der Waals surface area contributed by atoms with E-state index in [4.69, 9.17) is 0 Å². The summed E-state index contributed by atoms with van der Waals surface area (Å²) < 4.78 is 1.41.